The fraction of sp³-hybridized carbons (Fsp3) is 0.588. The molecule has 1 fully saturated rings. The highest BCUT2D eigenvalue weighted by Crippen LogP contribution is 2.20. The van der Waals surface area contributed by atoms with E-state index in [2.05, 4.69) is 15.4 Å². The van der Waals surface area contributed by atoms with Crippen LogP contribution in [0, 0.1) is 13.8 Å². The van der Waals surface area contributed by atoms with E-state index in [1.54, 1.807) is 14.4 Å². The summed E-state index contributed by atoms with van der Waals surface area (Å²) in [5, 5.41) is 9.28. The van der Waals surface area contributed by atoms with Gasteiger partial charge in [0.15, 0.2) is 0 Å². The lowest BCUT2D eigenvalue weighted by atomic mass is 10.1. The number of aryl methyl sites for hydroxylation is 2. The summed E-state index contributed by atoms with van der Waals surface area (Å²) in [6, 6.07) is 1.97. The Bertz CT molecular complexity index is 919. The van der Waals surface area contributed by atoms with Crippen molar-refractivity contribution < 1.29 is 13.2 Å². The van der Waals surface area contributed by atoms with Crippen LogP contribution < -0.4 is 5.32 Å². The molecule has 148 valence electrons. The first-order valence-corrected chi connectivity index (χ1v) is 11.5. The van der Waals surface area contributed by atoms with Crippen LogP contribution in [0.3, 0.4) is 0 Å². The Morgan fingerprint density at radius 3 is 2.81 bits per heavy atom. The predicted octanol–water partition coefficient (Wildman–Crippen LogP) is 1.88. The van der Waals surface area contributed by atoms with Crippen molar-refractivity contribution >= 4 is 27.3 Å². The van der Waals surface area contributed by atoms with Gasteiger partial charge >= 0.3 is 0 Å². The number of hydrogen-bond donors (Lipinski definition) is 1. The van der Waals surface area contributed by atoms with Gasteiger partial charge in [0.2, 0.25) is 15.2 Å². The van der Waals surface area contributed by atoms with Gasteiger partial charge < -0.3 is 5.32 Å². The second kappa shape index (κ2) is 8.07. The summed E-state index contributed by atoms with van der Waals surface area (Å²) in [6.07, 6.45) is 2.84. The normalized spacial score (nSPS) is 18.6. The molecular weight excluding hydrogens is 386 g/mol. The molecule has 27 heavy (non-hydrogen) atoms. The van der Waals surface area contributed by atoms with Crippen molar-refractivity contribution in [3.05, 3.63) is 28.5 Å². The minimum Gasteiger partial charge on any atom is -0.350 e. The van der Waals surface area contributed by atoms with Crippen molar-refractivity contribution in [3.8, 4) is 5.13 Å². The summed E-state index contributed by atoms with van der Waals surface area (Å²) < 4.78 is 28.2. The van der Waals surface area contributed by atoms with E-state index in [0.717, 1.165) is 30.7 Å². The highest BCUT2D eigenvalue weighted by Gasteiger charge is 2.29. The minimum atomic E-state index is -3.36. The predicted molar refractivity (Wildman–Crippen MR) is 105 cm³/mol. The van der Waals surface area contributed by atoms with Crippen LogP contribution in [0.5, 0.6) is 0 Å². The largest absolute Gasteiger partial charge is 0.350 e. The molecule has 1 saturated heterocycles. The average molecular weight is 412 g/mol. The van der Waals surface area contributed by atoms with Crippen LogP contribution in [0.25, 0.3) is 5.13 Å². The summed E-state index contributed by atoms with van der Waals surface area (Å²) in [5.41, 5.74) is 2.09. The van der Waals surface area contributed by atoms with E-state index in [-0.39, 0.29) is 29.9 Å². The van der Waals surface area contributed by atoms with Gasteiger partial charge in [-0.15, -0.1) is 11.3 Å². The van der Waals surface area contributed by atoms with E-state index in [1.165, 1.54) is 11.3 Å². The third-order valence-electron chi connectivity index (χ3n) is 4.66. The molecule has 0 aromatic carbocycles. The van der Waals surface area contributed by atoms with E-state index in [9.17, 15) is 13.2 Å². The van der Waals surface area contributed by atoms with Crippen LogP contribution in [-0.2, 0) is 10.0 Å². The fourth-order valence-electron chi connectivity index (χ4n) is 3.27. The molecule has 1 amide bonds. The Balaban J connectivity index is 1.58. The molecule has 1 aliphatic heterocycles. The molecule has 8 nitrogen and oxygen atoms in total. The Kier molecular flexibility index (Phi) is 5.97. The summed E-state index contributed by atoms with van der Waals surface area (Å²) in [5.74, 6) is -0.474. The Labute approximate surface area is 163 Å². The lowest BCUT2D eigenvalue weighted by Gasteiger charge is -2.32. The Morgan fingerprint density at radius 2 is 2.15 bits per heavy atom. The lowest BCUT2D eigenvalue weighted by molar-refractivity contribution is 0.0951. The number of amides is 1. The summed E-state index contributed by atoms with van der Waals surface area (Å²) in [4.78, 5) is 16.6. The molecule has 1 N–H and O–H groups in total. The monoisotopic (exact) mass is 411 g/mol. The number of carbonyl (C=O) groups is 1. The maximum atomic E-state index is 12.5. The molecule has 0 saturated carbocycles. The molecule has 0 spiro atoms. The van der Waals surface area contributed by atoms with Crippen molar-refractivity contribution in [2.45, 2.75) is 46.1 Å². The zero-order valence-corrected chi connectivity index (χ0v) is 17.4. The van der Waals surface area contributed by atoms with E-state index >= 15 is 0 Å². The third-order valence-corrected chi connectivity index (χ3v) is 7.45. The summed E-state index contributed by atoms with van der Waals surface area (Å²) in [7, 11) is -3.36. The number of sulfonamides is 1. The van der Waals surface area contributed by atoms with Crippen molar-refractivity contribution in [2.24, 2.45) is 0 Å². The molecule has 3 rings (SSSR count). The quantitative estimate of drug-likeness (QED) is 0.783. The van der Waals surface area contributed by atoms with Gasteiger partial charge in [-0.1, -0.05) is 6.42 Å². The van der Waals surface area contributed by atoms with Crippen molar-refractivity contribution in [1.82, 2.24) is 24.4 Å². The number of hydrogen-bond acceptors (Lipinski definition) is 6. The standard InChI is InChI=1S/C17H25N5O3S2/c1-12-10-14(3)22(20-12)17-19-15(11-26-17)16(23)18-7-9-27(24,25)21-8-5-4-6-13(21)2/h10-11,13H,4-9H2,1-3H3,(H,18,23)/t13-/m1/s1. The Morgan fingerprint density at radius 1 is 1.37 bits per heavy atom. The molecule has 0 radical (unpaired) electrons. The number of rotatable bonds is 6. The zero-order valence-electron chi connectivity index (χ0n) is 15.8. The van der Waals surface area contributed by atoms with E-state index in [0.29, 0.717) is 11.7 Å². The van der Waals surface area contributed by atoms with Crippen LogP contribution >= 0.6 is 11.3 Å². The van der Waals surface area contributed by atoms with Gasteiger partial charge in [0, 0.05) is 30.2 Å². The molecule has 2 aromatic heterocycles. The number of thiazole rings is 1. The molecule has 10 heteroatoms. The maximum Gasteiger partial charge on any atom is 0.270 e. The molecule has 1 atom stereocenters. The third kappa shape index (κ3) is 4.56. The van der Waals surface area contributed by atoms with Crippen LogP contribution in [0.1, 0.15) is 48.1 Å². The Hall–Kier alpha value is -1.78. The van der Waals surface area contributed by atoms with Gasteiger partial charge in [-0.05, 0) is 39.7 Å². The average Bonchev–Trinajstić information content (AvgIpc) is 3.21. The first-order chi connectivity index (χ1) is 12.8. The molecule has 1 aliphatic rings. The van der Waals surface area contributed by atoms with Crippen LogP contribution in [0.4, 0.5) is 0 Å². The summed E-state index contributed by atoms with van der Waals surface area (Å²) >= 11 is 1.32. The number of nitrogens with one attached hydrogen (secondary N) is 1. The summed E-state index contributed by atoms with van der Waals surface area (Å²) in [6.45, 7) is 6.39. The van der Waals surface area contributed by atoms with E-state index in [4.69, 9.17) is 0 Å². The minimum absolute atomic E-state index is 0.0290. The number of aromatic nitrogens is 3. The van der Waals surface area contributed by atoms with Crippen LogP contribution in [0.15, 0.2) is 11.4 Å². The zero-order chi connectivity index (χ0) is 19.6. The van der Waals surface area contributed by atoms with Crippen molar-refractivity contribution in [2.75, 3.05) is 18.8 Å². The molecule has 3 heterocycles. The van der Waals surface area contributed by atoms with Gasteiger partial charge in [-0.3, -0.25) is 4.79 Å². The number of carbonyl (C=O) groups excluding carboxylic acids is 1. The molecule has 0 unspecified atom stereocenters. The molecular formula is C17H25N5O3S2. The topological polar surface area (TPSA) is 97.2 Å². The van der Waals surface area contributed by atoms with Gasteiger partial charge in [-0.2, -0.15) is 9.40 Å². The second-order valence-electron chi connectivity index (χ2n) is 6.88. The SMILES string of the molecule is Cc1cc(C)n(-c2nc(C(=O)NCCS(=O)(=O)N3CCCC[C@H]3C)cs2)n1. The first-order valence-electron chi connectivity index (χ1n) is 9.05. The number of piperidine rings is 1. The lowest BCUT2D eigenvalue weighted by Crippen LogP contribution is -2.45. The van der Waals surface area contributed by atoms with Crippen LogP contribution in [-0.4, -0.2) is 58.3 Å². The maximum absolute atomic E-state index is 12.5. The highest BCUT2D eigenvalue weighted by atomic mass is 32.2. The molecule has 2 aromatic rings. The van der Waals surface area contributed by atoms with Crippen LogP contribution in [0.2, 0.25) is 0 Å². The van der Waals surface area contributed by atoms with Crippen molar-refractivity contribution in [1.29, 1.82) is 0 Å². The second-order valence-corrected chi connectivity index (χ2v) is 9.76. The first kappa shape index (κ1) is 20.0. The molecule has 0 bridgehead atoms. The smallest absolute Gasteiger partial charge is 0.270 e. The van der Waals surface area contributed by atoms with E-state index in [1.807, 2.05) is 26.8 Å². The highest BCUT2D eigenvalue weighted by molar-refractivity contribution is 7.89. The van der Waals surface area contributed by atoms with Gasteiger partial charge in [0.1, 0.15) is 5.69 Å². The number of nitrogens with zero attached hydrogens (tertiary/aromatic N) is 4. The molecule has 0 aliphatic carbocycles. The van der Waals surface area contributed by atoms with Crippen molar-refractivity contribution in [3.63, 3.8) is 0 Å². The van der Waals surface area contributed by atoms with Gasteiger partial charge in [0.25, 0.3) is 5.91 Å². The van der Waals surface area contributed by atoms with Gasteiger partial charge in [0.05, 0.1) is 11.4 Å². The van der Waals surface area contributed by atoms with Gasteiger partial charge in [-0.25, -0.2) is 18.1 Å². The van der Waals surface area contributed by atoms with E-state index < -0.39 is 10.0 Å². The fourth-order valence-corrected chi connectivity index (χ4v) is 5.74.